The molecular weight excluding hydrogens is 354 g/mol. The van der Waals surface area contributed by atoms with Gasteiger partial charge in [0.25, 0.3) is 5.60 Å². The molecule has 2 atom stereocenters. The largest absolute Gasteiger partial charge is 0.445 e. The molecule has 1 unspecified atom stereocenters. The van der Waals surface area contributed by atoms with Crippen LogP contribution in [0.1, 0.15) is 18.4 Å². The zero-order valence-corrected chi connectivity index (χ0v) is 13.4. The van der Waals surface area contributed by atoms with E-state index in [-0.39, 0.29) is 16.3 Å². The van der Waals surface area contributed by atoms with E-state index in [9.17, 15) is 18.0 Å². The molecule has 1 aromatic rings. The van der Waals surface area contributed by atoms with Crippen LogP contribution in [-0.2, 0) is 14.9 Å². The summed E-state index contributed by atoms with van der Waals surface area (Å²) in [6, 6.07) is 3.73. The molecule has 1 aliphatic carbocycles. The van der Waals surface area contributed by atoms with Crippen molar-refractivity contribution in [3.8, 4) is 11.8 Å². The number of carbonyl (C=O) groups excluding carboxylic acids is 1. The fraction of sp³-hybridized carbons (Fsp3) is 0.357. The van der Waals surface area contributed by atoms with Gasteiger partial charge in [0.15, 0.2) is 0 Å². The highest BCUT2D eigenvalue weighted by Crippen LogP contribution is 2.49. The molecule has 122 valence electrons. The van der Waals surface area contributed by atoms with Gasteiger partial charge in [0.05, 0.1) is 5.69 Å². The second-order valence-corrected chi connectivity index (χ2v) is 5.92. The highest BCUT2D eigenvalue weighted by molar-refractivity contribution is 7.09. The summed E-state index contributed by atoms with van der Waals surface area (Å²) in [6.07, 6.45) is -5.17. The zero-order chi connectivity index (χ0) is 16.9. The van der Waals surface area contributed by atoms with Crippen LogP contribution in [0.4, 0.5) is 23.7 Å². The zero-order valence-electron chi connectivity index (χ0n) is 11.5. The van der Waals surface area contributed by atoms with E-state index in [2.05, 4.69) is 21.9 Å². The van der Waals surface area contributed by atoms with Crippen molar-refractivity contribution in [3.63, 3.8) is 0 Å². The molecule has 2 aliphatic rings. The van der Waals surface area contributed by atoms with Gasteiger partial charge in [-0.3, -0.25) is 5.32 Å². The molecule has 0 radical (unpaired) electrons. The van der Waals surface area contributed by atoms with Gasteiger partial charge >= 0.3 is 12.3 Å². The highest BCUT2D eigenvalue weighted by Gasteiger charge is 2.62. The molecule has 0 bridgehead atoms. The lowest BCUT2D eigenvalue weighted by molar-refractivity contribution is -0.239. The minimum absolute atomic E-state index is 0.0473. The van der Waals surface area contributed by atoms with Crippen LogP contribution in [0.25, 0.3) is 0 Å². The predicted octanol–water partition coefficient (Wildman–Crippen LogP) is 4.00. The molecule has 1 heterocycles. The average molecular weight is 364 g/mol. The number of anilines is 1. The van der Waals surface area contributed by atoms with E-state index in [0.717, 1.165) is 6.07 Å². The van der Waals surface area contributed by atoms with Gasteiger partial charge < -0.3 is 9.26 Å². The van der Waals surface area contributed by atoms with E-state index in [1.54, 1.807) is 0 Å². The van der Waals surface area contributed by atoms with Crippen LogP contribution in [0.5, 0.6) is 0 Å². The molecule has 0 saturated heterocycles. The fourth-order valence-electron chi connectivity index (χ4n) is 2.21. The number of halogens is 4. The first-order valence-corrected chi connectivity index (χ1v) is 7.35. The Morgan fingerprint density at radius 3 is 2.61 bits per heavy atom. The van der Waals surface area contributed by atoms with Gasteiger partial charge in [-0.2, -0.15) is 13.2 Å². The first kappa shape index (κ1) is 16.4. The van der Waals surface area contributed by atoms with E-state index in [0.29, 0.717) is 12.8 Å². The standard InChI is InChI=1S/C14H10ClF3NO3P/c15-8-1-2-10-9(7-8)13(14(16,17)18,21-11(20)19-10)6-5-12(22-23)3-4-12/h1-2,7H,3-4,23H2,(H,19,20)/t13-/m0/s1. The van der Waals surface area contributed by atoms with Crippen LogP contribution in [0.3, 0.4) is 0 Å². The number of cyclic esters (lactones) is 1. The summed E-state index contributed by atoms with van der Waals surface area (Å²) < 4.78 is 51.0. The number of ether oxygens (including phenoxy) is 1. The first-order chi connectivity index (χ1) is 10.7. The van der Waals surface area contributed by atoms with Crippen molar-refractivity contribution in [2.75, 3.05) is 5.32 Å². The SMILES string of the molecule is O=C1Nc2ccc(Cl)cc2[C@@](C#CC2(OP)CC2)(C(F)(F)F)O1. The van der Waals surface area contributed by atoms with Crippen LogP contribution in [0, 0.1) is 11.8 Å². The smallest absolute Gasteiger partial charge is 0.415 e. The molecule has 1 amide bonds. The fourth-order valence-corrected chi connectivity index (χ4v) is 2.68. The quantitative estimate of drug-likeness (QED) is 0.606. The lowest BCUT2D eigenvalue weighted by Gasteiger charge is -2.35. The Hall–Kier alpha value is -1.48. The van der Waals surface area contributed by atoms with Gasteiger partial charge in [0.2, 0.25) is 0 Å². The van der Waals surface area contributed by atoms with Crippen LogP contribution < -0.4 is 5.32 Å². The molecule has 1 N–H and O–H groups in total. The van der Waals surface area contributed by atoms with Crippen LogP contribution in [0.2, 0.25) is 5.02 Å². The Morgan fingerprint density at radius 1 is 1.35 bits per heavy atom. The third-order valence-corrected chi connectivity index (χ3v) is 4.32. The molecule has 9 heteroatoms. The summed E-state index contributed by atoms with van der Waals surface area (Å²) >= 11 is 5.81. The summed E-state index contributed by atoms with van der Waals surface area (Å²) in [7, 11) is 1.99. The number of hydrogen-bond donors (Lipinski definition) is 1. The molecule has 1 aromatic carbocycles. The Morgan fingerprint density at radius 2 is 2.04 bits per heavy atom. The number of rotatable bonds is 1. The third kappa shape index (κ3) is 2.76. The van der Waals surface area contributed by atoms with Gasteiger partial charge in [0, 0.05) is 20.1 Å². The van der Waals surface area contributed by atoms with Crippen molar-refractivity contribution in [1.29, 1.82) is 0 Å². The number of amides is 1. The second-order valence-electron chi connectivity index (χ2n) is 5.25. The van der Waals surface area contributed by atoms with E-state index in [1.807, 2.05) is 9.47 Å². The van der Waals surface area contributed by atoms with Crippen molar-refractivity contribution in [2.45, 2.75) is 30.2 Å². The van der Waals surface area contributed by atoms with Crippen molar-refractivity contribution in [1.82, 2.24) is 0 Å². The van der Waals surface area contributed by atoms with Gasteiger partial charge in [-0.05, 0) is 37.0 Å². The highest BCUT2D eigenvalue weighted by atomic mass is 35.5. The summed E-state index contributed by atoms with van der Waals surface area (Å²) in [5, 5.41) is 2.29. The Balaban J connectivity index is 2.21. The Kier molecular flexibility index (Phi) is 3.75. The van der Waals surface area contributed by atoms with Crippen molar-refractivity contribution >= 4 is 32.8 Å². The summed E-state index contributed by atoms with van der Waals surface area (Å²) in [4.78, 5) is 11.6. The Bertz CT molecular complexity index is 739. The van der Waals surface area contributed by atoms with Crippen molar-refractivity contribution in [2.24, 2.45) is 0 Å². The molecule has 0 aromatic heterocycles. The van der Waals surface area contributed by atoms with Gasteiger partial charge in [-0.25, -0.2) is 4.79 Å². The normalized spacial score (nSPS) is 24.7. The number of alkyl halides is 3. The predicted molar refractivity (Wildman–Crippen MR) is 79.8 cm³/mol. The van der Waals surface area contributed by atoms with Crippen molar-refractivity contribution < 1.29 is 27.2 Å². The van der Waals surface area contributed by atoms with E-state index in [1.165, 1.54) is 12.1 Å². The van der Waals surface area contributed by atoms with E-state index < -0.39 is 23.5 Å². The maximum atomic E-state index is 13.8. The number of nitrogens with one attached hydrogen (secondary N) is 1. The van der Waals surface area contributed by atoms with Crippen LogP contribution in [0.15, 0.2) is 18.2 Å². The Labute approximate surface area is 136 Å². The lowest BCUT2D eigenvalue weighted by Crippen LogP contribution is -2.49. The van der Waals surface area contributed by atoms with Gasteiger partial charge in [-0.15, -0.1) is 0 Å². The monoisotopic (exact) mass is 363 g/mol. The van der Waals surface area contributed by atoms with Crippen LogP contribution >= 0.6 is 21.1 Å². The van der Waals surface area contributed by atoms with Gasteiger partial charge in [0.1, 0.15) is 5.60 Å². The maximum absolute atomic E-state index is 13.8. The summed E-state index contributed by atoms with van der Waals surface area (Å²) in [5.74, 6) is 4.54. The second kappa shape index (κ2) is 5.27. The lowest BCUT2D eigenvalue weighted by atomic mass is 9.90. The van der Waals surface area contributed by atoms with Gasteiger partial charge in [-0.1, -0.05) is 17.5 Å². The number of hydrogen-bond acceptors (Lipinski definition) is 3. The van der Waals surface area contributed by atoms with E-state index in [4.69, 9.17) is 16.1 Å². The van der Waals surface area contributed by atoms with Crippen molar-refractivity contribution in [3.05, 3.63) is 28.8 Å². The molecule has 1 fully saturated rings. The number of fused-ring (bicyclic) bond motifs is 1. The molecule has 0 spiro atoms. The first-order valence-electron chi connectivity index (χ1n) is 6.50. The number of carbonyl (C=O) groups is 1. The summed E-state index contributed by atoms with van der Waals surface area (Å²) in [5.41, 5.74) is -4.44. The topological polar surface area (TPSA) is 47.6 Å². The maximum Gasteiger partial charge on any atom is 0.445 e. The van der Waals surface area contributed by atoms with Crippen LogP contribution in [-0.4, -0.2) is 17.9 Å². The molecule has 3 rings (SSSR count). The molecule has 1 aliphatic heterocycles. The molecule has 1 saturated carbocycles. The molecule has 4 nitrogen and oxygen atoms in total. The summed E-state index contributed by atoms with van der Waals surface area (Å²) in [6.45, 7) is 0. The molecule has 23 heavy (non-hydrogen) atoms. The number of benzene rings is 1. The minimum Gasteiger partial charge on any atom is -0.415 e. The van der Waals surface area contributed by atoms with E-state index >= 15 is 0 Å². The third-order valence-electron chi connectivity index (χ3n) is 3.64. The average Bonchev–Trinajstić information content (AvgIpc) is 3.25. The minimum atomic E-state index is -4.95. The molecular formula is C14H10ClF3NO3P.